The Labute approximate surface area is 119 Å². The molecule has 0 spiro atoms. The van der Waals surface area contributed by atoms with Crippen molar-refractivity contribution >= 4 is 17.6 Å². The highest BCUT2D eigenvalue weighted by Gasteiger charge is 2.18. The third-order valence-electron chi connectivity index (χ3n) is 3.67. The van der Waals surface area contributed by atoms with Gasteiger partial charge in [0.2, 0.25) is 0 Å². The zero-order valence-electron chi connectivity index (χ0n) is 12.1. The largest absolute Gasteiger partial charge is 0.481 e. The molecule has 2 rings (SSSR count). The summed E-state index contributed by atoms with van der Waals surface area (Å²) in [5.41, 5.74) is 0. The first kappa shape index (κ1) is 14.6. The van der Waals surface area contributed by atoms with Crippen molar-refractivity contribution < 1.29 is 9.90 Å². The summed E-state index contributed by atoms with van der Waals surface area (Å²) in [5, 5.41) is 8.73. The highest BCUT2D eigenvalue weighted by Crippen LogP contribution is 2.23. The molecule has 6 nitrogen and oxygen atoms in total. The van der Waals surface area contributed by atoms with Gasteiger partial charge in [0.1, 0.15) is 18.0 Å². The molecule has 0 bridgehead atoms. The predicted octanol–water partition coefficient (Wildman–Crippen LogP) is 1.62. The fourth-order valence-electron chi connectivity index (χ4n) is 2.49. The van der Waals surface area contributed by atoms with Crippen LogP contribution in [0.1, 0.15) is 26.2 Å². The minimum absolute atomic E-state index is 0.108. The number of aromatic nitrogens is 2. The molecule has 20 heavy (non-hydrogen) atoms. The van der Waals surface area contributed by atoms with Gasteiger partial charge in [0.05, 0.1) is 6.42 Å². The molecule has 1 aliphatic rings. The SMILES string of the molecule is CC1CCCN(c2cc(N(C)CCC(=O)O)ncn2)C1. The van der Waals surface area contributed by atoms with Crippen LogP contribution in [-0.2, 0) is 4.79 Å². The van der Waals surface area contributed by atoms with Gasteiger partial charge in [0.15, 0.2) is 0 Å². The lowest BCUT2D eigenvalue weighted by atomic mass is 10.0. The van der Waals surface area contributed by atoms with E-state index in [1.165, 1.54) is 12.8 Å². The van der Waals surface area contributed by atoms with Gasteiger partial charge in [-0.2, -0.15) is 0 Å². The Hall–Kier alpha value is -1.85. The lowest BCUT2D eigenvalue weighted by molar-refractivity contribution is -0.136. The summed E-state index contributed by atoms with van der Waals surface area (Å²) in [5.74, 6) is 1.60. The van der Waals surface area contributed by atoms with Crippen LogP contribution < -0.4 is 9.80 Å². The van der Waals surface area contributed by atoms with Crippen LogP contribution in [0.4, 0.5) is 11.6 Å². The molecule has 1 aliphatic heterocycles. The van der Waals surface area contributed by atoms with Crippen molar-refractivity contribution in [3.8, 4) is 0 Å². The second-order valence-corrected chi connectivity index (χ2v) is 5.49. The van der Waals surface area contributed by atoms with Gasteiger partial charge < -0.3 is 14.9 Å². The molecule has 110 valence electrons. The molecule has 0 aliphatic carbocycles. The van der Waals surface area contributed by atoms with Crippen LogP contribution in [-0.4, -0.2) is 47.7 Å². The molecule has 2 heterocycles. The summed E-state index contributed by atoms with van der Waals surface area (Å²) in [6, 6.07) is 1.94. The molecule has 1 aromatic rings. The number of hydrogen-bond acceptors (Lipinski definition) is 5. The smallest absolute Gasteiger partial charge is 0.305 e. The number of piperidine rings is 1. The van der Waals surface area contributed by atoms with E-state index in [4.69, 9.17) is 5.11 Å². The van der Waals surface area contributed by atoms with Gasteiger partial charge in [-0.25, -0.2) is 9.97 Å². The van der Waals surface area contributed by atoms with Gasteiger partial charge in [-0.15, -0.1) is 0 Å². The number of hydrogen-bond donors (Lipinski definition) is 1. The summed E-state index contributed by atoms with van der Waals surface area (Å²) in [7, 11) is 1.86. The van der Waals surface area contributed by atoms with E-state index >= 15 is 0 Å². The summed E-state index contributed by atoms with van der Waals surface area (Å²) in [4.78, 5) is 23.3. The van der Waals surface area contributed by atoms with Crippen molar-refractivity contribution in [2.24, 2.45) is 5.92 Å². The third kappa shape index (κ3) is 3.82. The molecule has 0 amide bonds. The van der Waals surface area contributed by atoms with Crippen LogP contribution >= 0.6 is 0 Å². The number of anilines is 2. The first-order valence-corrected chi connectivity index (χ1v) is 7.06. The molecule has 1 atom stereocenters. The van der Waals surface area contributed by atoms with Crippen LogP contribution in [0.3, 0.4) is 0 Å². The normalized spacial score (nSPS) is 18.9. The number of aliphatic carboxylic acids is 1. The maximum Gasteiger partial charge on any atom is 0.305 e. The minimum Gasteiger partial charge on any atom is -0.481 e. The van der Waals surface area contributed by atoms with E-state index in [1.54, 1.807) is 6.33 Å². The van der Waals surface area contributed by atoms with Crippen LogP contribution in [0.5, 0.6) is 0 Å². The molecule has 1 saturated heterocycles. The second-order valence-electron chi connectivity index (χ2n) is 5.49. The number of carboxylic acids is 1. The van der Waals surface area contributed by atoms with E-state index in [0.717, 1.165) is 24.7 Å². The first-order valence-electron chi connectivity index (χ1n) is 7.06. The zero-order chi connectivity index (χ0) is 14.5. The van der Waals surface area contributed by atoms with Crippen molar-refractivity contribution in [1.29, 1.82) is 0 Å². The maximum atomic E-state index is 10.6. The topological polar surface area (TPSA) is 69.6 Å². The quantitative estimate of drug-likeness (QED) is 0.882. The van der Waals surface area contributed by atoms with Crippen LogP contribution in [0.15, 0.2) is 12.4 Å². The summed E-state index contributed by atoms with van der Waals surface area (Å²) < 4.78 is 0. The van der Waals surface area contributed by atoms with Crippen LogP contribution in [0.25, 0.3) is 0 Å². The molecule has 0 aromatic carbocycles. The summed E-state index contributed by atoms with van der Waals surface area (Å²) in [6.07, 6.45) is 4.13. The third-order valence-corrected chi connectivity index (χ3v) is 3.67. The van der Waals surface area contributed by atoms with Gasteiger partial charge in [-0.05, 0) is 18.8 Å². The second kappa shape index (κ2) is 6.54. The lowest BCUT2D eigenvalue weighted by Crippen LogP contribution is -2.35. The average molecular weight is 278 g/mol. The summed E-state index contributed by atoms with van der Waals surface area (Å²) in [6.45, 7) is 4.75. The Morgan fingerprint density at radius 1 is 1.55 bits per heavy atom. The average Bonchev–Trinajstić information content (AvgIpc) is 2.45. The predicted molar refractivity (Wildman–Crippen MR) is 78.2 cm³/mol. The highest BCUT2D eigenvalue weighted by atomic mass is 16.4. The summed E-state index contributed by atoms with van der Waals surface area (Å²) >= 11 is 0. The van der Waals surface area contributed by atoms with E-state index in [9.17, 15) is 4.79 Å². The Morgan fingerprint density at radius 3 is 3.05 bits per heavy atom. The molecular formula is C14H22N4O2. The minimum atomic E-state index is -0.795. The number of rotatable bonds is 5. The van der Waals surface area contributed by atoms with Gasteiger partial charge in [0.25, 0.3) is 0 Å². The Balaban J connectivity index is 2.05. The fourth-order valence-corrected chi connectivity index (χ4v) is 2.49. The van der Waals surface area contributed by atoms with E-state index < -0.39 is 5.97 Å². The van der Waals surface area contributed by atoms with Crippen molar-refractivity contribution in [2.45, 2.75) is 26.2 Å². The van der Waals surface area contributed by atoms with Crippen molar-refractivity contribution in [1.82, 2.24) is 9.97 Å². The maximum absolute atomic E-state index is 10.6. The van der Waals surface area contributed by atoms with E-state index in [0.29, 0.717) is 12.5 Å². The number of nitrogens with zero attached hydrogens (tertiary/aromatic N) is 4. The van der Waals surface area contributed by atoms with E-state index in [-0.39, 0.29) is 6.42 Å². The van der Waals surface area contributed by atoms with Crippen LogP contribution in [0, 0.1) is 5.92 Å². The molecule has 1 aromatic heterocycles. The fraction of sp³-hybridized carbons (Fsp3) is 0.643. The van der Waals surface area contributed by atoms with Crippen molar-refractivity contribution in [3.05, 3.63) is 12.4 Å². The Morgan fingerprint density at radius 2 is 2.35 bits per heavy atom. The number of carbonyl (C=O) groups is 1. The lowest BCUT2D eigenvalue weighted by Gasteiger charge is -2.32. The van der Waals surface area contributed by atoms with E-state index in [1.807, 2.05) is 18.0 Å². The molecule has 1 fully saturated rings. The zero-order valence-corrected chi connectivity index (χ0v) is 12.1. The monoisotopic (exact) mass is 278 g/mol. The van der Waals surface area contributed by atoms with Crippen LogP contribution in [0.2, 0.25) is 0 Å². The Kier molecular flexibility index (Phi) is 4.76. The van der Waals surface area contributed by atoms with Crippen molar-refractivity contribution in [2.75, 3.05) is 36.5 Å². The van der Waals surface area contributed by atoms with Crippen molar-refractivity contribution in [3.63, 3.8) is 0 Å². The molecule has 1 unspecified atom stereocenters. The van der Waals surface area contributed by atoms with Gasteiger partial charge in [-0.3, -0.25) is 4.79 Å². The first-order chi connectivity index (χ1) is 9.56. The molecular weight excluding hydrogens is 256 g/mol. The molecule has 0 radical (unpaired) electrons. The standard InChI is InChI=1S/C14H22N4O2/c1-11-4-3-6-18(9-11)13-8-12(15-10-16-13)17(2)7-5-14(19)20/h8,10-11H,3-7,9H2,1-2H3,(H,19,20). The van der Waals surface area contributed by atoms with Gasteiger partial charge in [0, 0.05) is 32.7 Å². The molecule has 6 heteroatoms. The molecule has 1 N–H and O–H groups in total. The molecule has 0 saturated carbocycles. The van der Waals surface area contributed by atoms with Gasteiger partial charge in [-0.1, -0.05) is 6.92 Å². The highest BCUT2D eigenvalue weighted by molar-refractivity contribution is 5.67. The van der Waals surface area contributed by atoms with E-state index in [2.05, 4.69) is 21.8 Å². The Bertz CT molecular complexity index is 466. The number of carboxylic acid groups (broad SMARTS) is 1. The van der Waals surface area contributed by atoms with Gasteiger partial charge >= 0.3 is 5.97 Å².